The lowest BCUT2D eigenvalue weighted by atomic mass is 9.95. The van der Waals surface area contributed by atoms with Crippen LogP contribution in [0.5, 0.6) is 5.75 Å². The average Bonchev–Trinajstić information content (AvgIpc) is 3.10. The second kappa shape index (κ2) is 10.1. The molecule has 1 aliphatic heterocycles. The van der Waals surface area contributed by atoms with Gasteiger partial charge in [-0.15, -0.1) is 0 Å². The van der Waals surface area contributed by atoms with Gasteiger partial charge < -0.3 is 14.7 Å². The predicted molar refractivity (Wildman–Crippen MR) is 128 cm³/mol. The summed E-state index contributed by atoms with van der Waals surface area (Å²) in [4.78, 5) is 27.7. The highest BCUT2D eigenvalue weighted by atomic mass is 35.5. The first kappa shape index (κ1) is 23.5. The third-order valence-corrected chi connectivity index (χ3v) is 6.04. The molecule has 1 saturated heterocycles. The lowest BCUT2D eigenvalue weighted by Gasteiger charge is -2.25. The number of nitrogens with zero attached hydrogens (tertiary/aromatic N) is 1. The number of ether oxygens (including phenoxy) is 1. The lowest BCUT2D eigenvalue weighted by molar-refractivity contribution is -0.139. The number of amides is 1. The summed E-state index contributed by atoms with van der Waals surface area (Å²) in [6.07, 6.45) is 0.414. The van der Waals surface area contributed by atoms with Gasteiger partial charge in [-0.05, 0) is 54.8 Å². The summed E-state index contributed by atoms with van der Waals surface area (Å²) < 4.78 is 18.8. The fourth-order valence-corrected chi connectivity index (χ4v) is 4.29. The van der Waals surface area contributed by atoms with E-state index in [-0.39, 0.29) is 34.3 Å². The molecule has 0 aliphatic carbocycles. The molecule has 5 nitrogen and oxygen atoms in total. The first-order valence-corrected chi connectivity index (χ1v) is 11.3. The van der Waals surface area contributed by atoms with Crippen molar-refractivity contribution in [2.45, 2.75) is 19.4 Å². The van der Waals surface area contributed by atoms with Crippen molar-refractivity contribution >= 4 is 29.1 Å². The Bertz CT molecular complexity index is 1240. The first-order valence-electron chi connectivity index (χ1n) is 10.9. The van der Waals surface area contributed by atoms with Crippen molar-refractivity contribution in [3.05, 3.63) is 106 Å². The summed E-state index contributed by atoms with van der Waals surface area (Å²) in [6, 6.07) is 19.0. The molecule has 1 amide bonds. The zero-order valence-corrected chi connectivity index (χ0v) is 19.3. The maximum Gasteiger partial charge on any atom is 0.295 e. The number of likely N-dealkylation sites (tertiary alicyclic amines) is 1. The number of hydrogen-bond acceptors (Lipinski definition) is 4. The van der Waals surface area contributed by atoms with E-state index in [1.165, 1.54) is 17.0 Å². The van der Waals surface area contributed by atoms with Gasteiger partial charge in [0.15, 0.2) is 0 Å². The number of halogens is 2. The van der Waals surface area contributed by atoms with Crippen LogP contribution in [0.15, 0.2) is 78.4 Å². The number of benzene rings is 3. The molecule has 1 fully saturated rings. The van der Waals surface area contributed by atoms with Crippen LogP contribution in [0.2, 0.25) is 5.02 Å². The summed E-state index contributed by atoms with van der Waals surface area (Å²) in [7, 11) is 0. The quantitative estimate of drug-likeness (QED) is 0.274. The molecule has 0 radical (unpaired) electrons. The topological polar surface area (TPSA) is 66.8 Å². The Morgan fingerprint density at radius 3 is 2.44 bits per heavy atom. The Balaban J connectivity index is 1.78. The van der Waals surface area contributed by atoms with Crippen molar-refractivity contribution in [1.29, 1.82) is 0 Å². The second-order valence-corrected chi connectivity index (χ2v) is 8.26. The van der Waals surface area contributed by atoms with Crippen molar-refractivity contribution in [1.82, 2.24) is 4.90 Å². The fraction of sp³-hybridized carbons (Fsp3) is 0.185. The number of aliphatic hydroxyl groups is 1. The number of aliphatic hydroxyl groups excluding tert-OH is 1. The van der Waals surface area contributed by atoms with Crippen molar-refractivity contribution in [3.8, 4) is 5.75 Å². The maximum absolute atomic E-state index is 13.3. The Morgan fingerprint density at radius 2 is 1.76 bits per heavy atom. The number of Topliss-reactive ketones (excluding diaryl/α,β-unsaturated/α-hetero) is 1. The summed E-state index contributed by atoms with van der Waals surface area (Å²) >= 11 is 6.35. The molecule has 0 spiro atoms. The van der Waals surface area contributed by atoms with E-state index < -0.39 is 17.7 Å². The first-order chi connectivity index (χ1) is 16.4. The molecule has 4 rings (SSSR count). The van der Waals surface area contributed by atoms with Gasteiger partial charge in [0, 0.05) is 12.1 Å². The normalized spacial score (nSPS) is 17.3. The molecule has 174 valence electrons. The Kier molecular flexibility index (Phi) is 6.98. The fourth-order valence-electron chi connectivity index (χ4n) is 4.08. The molecule has 1 unspecified atom stereocenters. The average molecular weight is 480 g/mol. The van der Waals surface area contributed by atoms with Crippen LogP contribution in [0.4, 0.5) is 4.39 Å². The highest BCUT2D eigenvalue weighted by Gasteiger charge is 2.46. The van der Waals surface area contributed by atoms with Crippen molar-refractivity contribution < 1.29 is 23.8 Å². The van der Waals surface area contributed by atoms with E-state index >= 15 is 0 Å². The van der Waals surface area contributed by atoms with Crippen LogP contribution >= 0.6 is 11.6 Å². The summed E-state index contributed by atoms with van der Waals surface area (Å²) in [5.74, 6) is -1.73. The predicted octanol–water partition coefficient (Wildman–Crippen LogP) is 5.54. The molecule has 7 heteroatoms. The third kappa shape index (κ3) is 4.68. The van der Waals surface area contributed by atoms with Gasteiger partial charge in [0.05, 0.1) is 23.2 Å². The smallest absolute Gasteiger partial charge is 0.295 e. The highest BCUT2D eigenvalue weighted by molar-refractivity contribution is 6.47. The van der Waals surface area contributed by atoms with Crippen molar-refractivity contribution in [2.24, 2.45) is 0 Å². The van der Waals surface area contributed by atoms with E-state index in [2.05, 4.69) is 0 Å². The van der Waals surface area contributed by atoms with Crippen LogP contribution in [0.25, 0.3) is 5.76 Å². The number of hydrogen-bond donors (Lipinski definition) is 1. The highest BCUT2D eigenvalue weighted by Crippen LogP contribution is 2.41. The van der Waals surface area contributed by atoms with Crippen LogP contribution in [0.1, 0.15) is 29.7 Å². The molecule has 1 aliphatic rings. The molecule has 0 aromatic heterocycles. The maximum atomic E-state index is 13.3. The zero-order valence-electron chi connectivity index (χ0n) is 18.5. The standard InChI is InChI=1S/C27H23ClFNO4/c1-2-34-20-12-13-22(28)21(16-20)25(31)23-24(18-6-4-3-5-7-18)30(27(33)26(23)32)15-14-17-8-10-19(29)11-9-17/h3-13,16,24,31H,2,14-15H2,1H3/b25-23+. The van der Waals surface area contributed by atoms with E-state index in [0.717, 1.165) is 5.56 Å². The van der Waals surface area contributed by atoms with E-state index in [0.29, 0.717) is 24.3 Å². The molecule has 0 bridgehead atoms. The zero-order chi connectivity index (χ0) is 24.2. The largest absolute Gasteiger partial charge is 0.507 e. The number of ketones is 1. The Labute approximate surface area is 202 Å². The minimum Gasteiger partial charge on any atom is -0.507 e. The molecule has 3 aromatic rings. The van der Waals surface area contributed by atoms with Crippen LogP contribution in [0, 0.1) is 5.82 Å². The van der Waals surface area contributed by atoms with E-state index in [1.54, 1.807) is 54.6 Å². The SMILES string of the molecule is CCOc1ccc(Cl)c(/C(O)=C2\C(=O)C(=O)N(CCc3ccc(F)cc3)C2c2ccccc2)c1. The number of carbonyl (C=O) groups excluding carboxylic acids is 2. The molecule has 1 heterocycles. The van der Waals surface area contributed by atoms with Gasteiger partial charge in [0.2, 0.25) is 0 Å². The molecule has 34 heavy (non-hydrogen) atoms. The lowest BCUT2D eigenvalue weighted by Crippen LogP contribution is -2.31. The van der Waals surface area contributed by atoms with Gasteiger partial charge in [-0.3, -0.25) is 9.59 Å². The second-order valence-electron chi connectivity index (χ2n) is 7.85. The number of carbonyl (C=O) groups is 2. The minimum absolute atomic E-state index is 0.0362. The molecule has 1 N–H and O–H groups in total. The van der Waals surface area contributed by atoms with E-state index in [1.807, 2.05) is 13.0 Å². The van der Waals surface area contributed by atoms with E-state index in [4.69, 9.17) is 16.3 Å². The molecule has 0 saturated carbocycles. The van der Waals surface area contributed by atoms with Gasteiger partial charge >= 0.3 is 0 Å². The molecule has 3 aromatic carbocycles. The van der Waals surface area contributed by atoms with E-state index in [9.17, 15) is 19.1 Å². The van der Waals surface area contributed by atoms with Crippen molar-refractivity contribution in [3.63, 3.8) is 0 Å². The van der Waals surface area contributed by atoms with Gasteiger partial charge in [-0.1, -0.05) is 54.1 Å². The van der Waals surface area contributed by atoms with Crippen LogP contribution in [0.3, 0.4) is 0 Å². The van der Waals surface area contributed by atoms with Crippen LogP contribution in [-0.2, 0) is 16.0 Å². The monoisotopic (exact) mass is 479 g/mol. The van der Waals surface area contributed by atoms with Crippen LogP contribution in [-0.4, -0.2) is 34.8 Å². The molecular formula is C27H23ClFNO4. The van der Waals surface area contributed by atoms with Gasteiger partial charge in [0.25, 0.3) is 11.7 Å². The molecular weight excluding hydrogens is 457 g/mol. The minimum atomic E-state index is -0.798. The van der Waals surface area contributed by atoms with Crippen molar-refractivity contribution in [2.75, 3.05) is 13.2 Å². The van der Waals surface area contributed by atoms with Gasteiger partial charge in [0.1, 0.15) is 17.3 Å². The van der Waals surface area contributed by atoms with Gasteiger partial charge in [-0.2, -0.15) is 0 Å². The third-order valence-electron chi connectivity index (χ3n) is 5.71. The Morgan fingerprint density at radius 1 is 1.06 bits per heavy atom. The number of rotatable bonds is 7. The Hall–Kier alpha value is -3.64. The summed E-state index contributed by atoms with van der Waals surface area (Å²) in [5.41, 5.74) is 1.68. The molecule has 1 atom stereocenters. The summed E-state index contributed by atoms with van der Waals surface area (Å²) in [5, 5.41) is 11.5. The summed E-state index contributed by atoms with van der Waals surface area (Å²) in [6.45, 7) is 2.45. The van der Waals surface area contributed by atoms with Gasteiger partial charge in [-0.25, -0.2) is 4.39 Å². The van der Waals surface area contributed by atoms with Crippen LogP contribution < -0.4 is 4.74 Å².